The van der Waals surface area contributed by atoms with Crippen molar-refractivity contribution in [2.75, 3.05) is 13.1 Å². The highest BCUT2D eigenvalue weighted by Gasteiger charge is 2.21. The minimum Gasteiger partial charge on any atom is -0.352 e. The summed E-state index contributed by atoms with van der Waals surface area (Å²) in [5, 5.41) is 14.3. The summed E-state index contributed by atoms with van der Waals surface area (Å²) in [7, 11) is 0. The van der Waals surface area contributed by atoms with Crippen molar-refractivity contribution in [1.29, 1.82) is 0 Å². The summed E-state index contributed by atoms with van der Waals surface area (Å²) < 4.78 is 1.59. The molecule has 0 spiro atoms. The lowest BCUT2D eigenvalue weighted by atomic mass is 10.0. The fourth-order valence-electron chi connectivity index (χ4n) is 3.67. The Kier molecular flexibility index (Phi) is 5.72. The number of hydrogen-bond donors (Lipinski definition) is 1. The van der Waals surface area contributed by atoms with Crippen LogP contribution in [-0.2, 0) is 17.8 Å². The maximum Gasteiger partial charge on any atom is 0.224 e. The van der Waals surface area contributed by atoms with Crippen molar-refractivity contribution in [3.05, 3.63) is 72.1 Å². The summed E-state index contributed by atoms with van der Waals surface area (Å²) in [6.07, 6.45) is 4.07. The highest BCUT2D eigenvalue weighted by Crippen LogP contribution is 2.14. The molecule has 3 aromatic rings. The lowest BCUT2D eigenvalue weighted by Crippen LogP contribution is -2.47. The first kappa shape index (κ1) is 18.3. The van der Waals surface area contributed by atoms with Crippen molar-refractivity contribution in [3.63, 3.8) is 0 Å². The molecule has 1 aliphatic heterocycles. The normalized spacial score (nSPS) is 17.4. The van der Waals surface area contributed by atoms with Gasteiger partial charge in [0.2, 0.25) is 5.91 Å². The van der Waals surface area contributed by atoms with Crippen LogP contribution in [0.25, 0.3) is 5.69 Å². The number of benzene rings is 2. The quantitative estimate of drug-likeness (QED) is 0.712. The van der Waals surface area contributed by atoms with Crippen LogP contribution in [-0.4, -0.2) is 50.1 Å². The van der Waals surface area contributed by atoms with E-state index >= 15 is 0 Å². The molecule has 1 fully saturated rings. The van der Waals surface area contributed by atoms with E-state index in [-0.39, 0.29) is 11.9 Å². The van der Waals surface area contributed by atoms with Gasteiger partial charge < -0.3 is 5.32 Å². The second-order valence-corrected chi connectivity index (χ2v) is 7.22. The number of carbonyl (C=O) groups excluding carboxylic acids is 1. The van der Waals surface area contributed by atoms with E-state index in [0.29, 0.717) is 6.42 Å². The number of rotatable bonds is 6. The predicted octanol–water partition coefficient (Wildman–Crippen LogP) is 1.99. The molecule has 1 N–H and O–H groups in total. The van der Waals surface area contributed by atoms with Crippen molar-refractivity contribution < 1.29 is 4.79 Å². The van der Waals surface area contributed by atoms with Crippen molar-refractivity contribution in [1.82, 2.24) is 30.4 Å². The van der Waals surface area contributed by atoms with Crippen LogP contribution in [0, 0.1) is 0 Å². The van der Waals surface area contributed by atoms with Crippen molar-refractivity contribution in [3.8, 4) is 5.69 Å². The van der Waals surface area contributed by atoms with Crippen LogP contribution in [0.1, 0.15) is 24.0 Å². The Bertz CT molecular complexity index is 879. The summed E-state index contributed by atoms with van der Waals surface area (Å²) in [5.74, 6) is 0.0710. The molecule has 1 aliphatic rings. The minimum absolute atomic E-state index is 0.0710. The smallest absolute Gasteiger partial charge is 0.224 e. The maximum atomic E-state index is 12.5. The third kappa shape index (κ3) is 4.80. The molecule has 2 heterocycles. The number of likely N-dealkylation sites (tertiary alicyclic amines) is 1. The van der Waals surface area contributed by atoms with E-state index in [1.54, 1.807) is 11.0 Å². The lowest BCUT2D eigenvalue weighted by Gasteiger charge is -2.33. The zero-order valence-electron chi connectivity index (χ0n) is 15.7. The zero-order valence-corrected chi connectivity index (χ0v) is 15.7. The molecule has 7 nitrogen and oxygen atoms in total. The van der Waals surface area contributed by atoms with Gasteiger partial charge in [-0.3, -0.25) is 9.69 Å². The number of nitrogens with zero attached hydrogens (tertiary/aromatic N) is 5. The lowest BCUT2D eigenvalue weighted by molar-refractivity contribution is -0.121. The Morgan fingerprint density at radius 1 is 1.07 bits per heavy atom. The van der Waals surface area contributed by atoms with E-state index in [1.807, 2.05) is 30.3 Å². The third-order valence-corrected chi connectivity index (χ3v) is 5.03. The summed E-state index contributed by atoms with van der Waals surface area (Å²) in [6, 6.07) is 18.4. The van der Waals surface area contributed by atoms with Crippen LogP contribution in [0.2, 0.25) is 0 Å². The van der Waals surface area contributed by atoms with Gasteiger partial charge in [0, 0.05) is 19.1 Å². The zero-order chi connectivity index (χ0) is 19.2. The number of hydrogen-bond acceptors (Lipinski definition) is 5. The molecule has 0 radical (unpaired) electrons. The summed E-state index contributed by atoms with van der Waals surface area (Å²) in [4.78, 5) is 14.9. The molecule has 0 saturated carbocycles. The molecule has 1 amide bonds. The van der Waals surface area contributed by atoms with Crippen LogP contribution in [0.5, 0.6) is 0 Å². The van der Waals surface area contributed by atoms with Crippen molar-refractivity contribution in [2.24, 2.45) is 0 Å². The monoisotopic (exact) mass is 376 g/mol. The topological polar surface area (TPSA) is 75.9 Å². The van der Waals surface area contributed by atoms with Gasteiger partial charge in [-0.1, -0.05) is 42.5 Å². The number of carbonyl (C=O) groups is 1. The average molecular weight is 376 g/mol. The molecule has 4 rings (SSSR count). The molecular weight excluding hydrogens is 352 g/mol. The number of piperidine rings is 1. The predicted molar refractivity (Wildman–Crippen MR) is 106 cm³/mol. The van der Waals surface area contributed by atoms with Crippen LogP contribution >= 0.6 is 0 Å². The summed E-state index contributed by atoms with van der Waals surface area (Å²) >= 11 is 0. The van der Waals surface area contributed by atoms with E-state index in [0.717, 1.165) is 43.7 Å². The first-order valence-corrected chi connectivity index (χ1v) is 9.64. The number of amides is 1. The van der Waals surface area contributed by atoms with Gasteiger partial charge in [-0.15, -0.1) is 5.10 Å². The molecule has 1 aromatic heterocycles. The van der Waals surface area contributed by atoms with Gasteiger partial charge in [-0.05, 0) is 53.1 Å². The standard InChI is InChI=1S/C21H24N6O/c28-21(13-17-8-10-20(11-9-17)27-16-22-24-25-27)23-19-7-4-12-26(15-19)14-18-5-2-1-3-6-18/h1-3,5-6,8-11,16,19H,4,7,12-15H2,(H,23,28). The molecule has 0 aliphatic carbocycles. The molecule has 1 saturated heterocycles. The summed E-state index contributed by atoms with van der Waals surface area (Å²) in [5.41, 5.74) is 3.17. The molecule has 144 valence electrons. The highest BCUT2D eigenvalue weighted by atomic mass is 16.1. The van der Waals surface area contributed by atoms with E-state index in [1.165, 1.54) is 5.56 Å². The molecular formula is C21H24N6O. The fourth-order valence-corrected chi connectivity index (χ4v) is 3.67. The van der Waals surface area contributed by atoms with Gasteiger partial charge >= 0.3 is 0 Å². The Morgan fingerprint density at radius 3 is 2.64 bits per heavy atom. The number of nitrogens with one attached hydrogen (secondary N) is 1. The third-order valence-electron chi connectivity index (χ3n) is 5.03. The first-order valence-electron chi connectivity index (χ1n) is 9.64. The molecule has 0 bridgehead atoms. The van der Waals surface area contributed by atoms with Gasteiger partial charge in [0.05, 0.1) is 12.1 Å². The van der Waals surface area contributed by atoms with Crippen LogP contribution in [0.3, 0.4) is 0 Å². The number of tetrazole rings is 1. The van der Waals surface area contributed by atoms with Gasteiger partial charge in [-0.2, -0.15) is 0 Å². The first-order chi connectivity index (χ1) is 13.8. The van der Waals surface area contributed by atoms with E-state index in [2.05, 4.69) is 50.0 Å². The highest BCUT2D eigenvalue weighted by molar-refractivity contribution is 5.79. The van der Waals surface area contributed by atoms with E-state index < -0.39 is 0 Å². The second kappa shape index (κ2) is 8.75. The largest absolute Gasteiger partial charge is 0.352 e. The van der Waals surface area contributed by atoms with Crippen LogP contribution in [0.15, 0.2) is 60.9 Å². The Labute approximate surface area is 164 Å². The molecule has 1 unspecified atom stereocenters. The van der Waals surface area contributed by atoms with Crippen molar-refractivity contribution >= 4 is 5.91 Å². The molecule has 28 heavy (non-hydrogen) atoms. The molecule has 7 heteroatoms. The van der Waals surface area contributed by atoms with Crippen molar-refractivity contribution in [2.45, 2.75) is 31.8 Å². The van der Waals surface area contributed by atoms with Crippen LogP contribution in [0.4, 0.5) is 0 Å². The fraction of sp³-hybridized carbons (Fsp3) is 0.333. The van der Waals surface area contributed by atoms with Gasteiger partial charge in [-0.25, -0.2) is 4.68 Å². The summed E-state index contributed by atoms with van der Waals surface area (Å²) in [6.45, 7) is 2.92. The van der Waals surface area contributed by atoms with Gasteiger partial charge in [0.15, 0.2) is 0 Å². The van der Waals surface area contributed by atoms with Gasteiger partial charge in [0.1, 0.15) is 6.33 Å². The Balaban J connectivity index is 1.28. The SMILES string of the molecule is O=C(Cc1ccc(-n2cnnn2)cc1)NC1CCCN(Cc2ccccc2)C1. The maximum absolute atomic E-state index is 12.5. The Morgan fingerprint density at radius 2 is 1.89 bits per heavy atom. The average Bonchev–Trinajstić information content (AvgIpc) is 3.24. The van der Waals surface area contributed by atoms with E-state index in [9.17, 15) is 4.79 Å². The second-order valence-electron chi connectivity index (χ2n) is 7.22. The molecule has 2 aromatic carbocycles. The van der Waals surface area contributed by atoms with E-state index in [4.69, 9.17) is 0 Å². The van der Waals surface area contributed by atoms with Crippen LogP contribution < -0.4 is 5.32 Å². The van der Waals surface area contributed by atoms with Gasteiger partial charge in [0.25, 0.3) is 0 Å². The minimum atomic E-state index is 0.0710. The Hall–Kier alpha value is -3.06. The molecule has 1 atom stereocenters. The number of aromatic nitrogens is 4.